The maximum absolute atomic E-state index is 13.3. The Bertz CT molecular complexity index is 334. The topological polar surface area (TPSA) is 26.0 Å². The van der Waals surface area contributed by atoms with E-state index in [1.807, 2.05) is 6.92 Å². The molecule has 0 aliphatic heterocycles. The summed E-state index contributed by atoms with van der Waals surface area (Å²) in [5, 5.41) is 0. The zero-order valence-corrected chi connectivity index (χ0v) is 9.95. The van der Waals surface area contributed by atoms with Crippen molar-refractivity contribution in [1.82, 2.24) is 0 Å². The lowest BCUT2D eigenvalue weighted by atomic mass is 9.92. The van der Waals surface area contributed by atoms with Gasteiger partial charge in [0.1, 0.15) is 17.5 Å². The Morgan fingerprint density at radius 3 is 2.00 bits per heavy atom. The van der Waals surface area contributed by atoms with E-state index in [1.165, 1.54) is 0 Å². The first-order chi connectivity index (χ1) is 6.97. The Hall–Kier alpha value is -0.740. The summed E-state index contributed by atoms with van der Waals surface area (Å²) >= 11 is 0. The van der Waals surface area contributed by atoms with Crippen LogP contribution in [0.1, 0.15) is 31.9 Å². The molecule has 1 unspecified atom stereocenters. The van der Waals surface area contributed by atoms with Gasteiger partial charge in [0.05, 0.1) is 0 Å². The minimum atomic E-state index is -0.926. The first-order valence-corrected chi connectivity index (χ1v) is 4.87. The molecule has 0 saturated carbocycles. The highest BCUT2D eigenvalue weighted by Gasteiger charge is 2.21. The van der Waals surface area contributed by atoms with Gasteiger partial charge in [-0.3, -0.25) is 0 Å². The van der Waals surface area contributed by atoms with E-state index in [9.17, 15) is 13.2 Å². The van der Waals surface area contributed by atoms with Gasteiger partial charge in [-0.05, 0) is 5.92 Å². The largest absolute Gasteiger partial charge is 0.324 e. The smallest absolute Gasteiger partial charge is 0.133 e. The van der Waals surface area contributed by atoms with Crippen molar-refractivity contribution in [2.75, 3.05) is 0 Å². The second kappa shape index (κ2) is 6.11. The molecule has 0 aliphatic carbocycles. The third-order valence-electron chi connectivity index (χ3n) is 2.63. The van der Waals surface area contributed by atoms with Crippen LogP contribution in [0.5, 0.6) is 0 Å². The van der Waals surface area contributed by atoms with Crippen molar-refractivity contribution in [3.8, 4) is 0 Å². The summed E-state index contributed by atoms with van der Waals surface area (Å²) in [5.74, 6) is -2.81. The fraction of sp³-hybridized carbons (Fsp3) is 0.455. The third kappa shape index (κ3) is 3.12. The minimum Gasteiger partial charge on any atom is -0.324 e. The molecule has 1 nitrogen and oxygen atoms in total. The normalized spacial score (nSPS) is 14.1. The maximum Gasteiger partial charge on any atom is 0.133 e. The van der Waals surface area contributed by atoms with E-state index >= 15 is 0 Å². The Labute approximate surface area is 99.2 Å². The first kappa shape index (κ1) is 15.3. The molecule has 0 aliphatic rings. The fourth-order valence-corrected chi connectivity index (χ4v) is 1.41. The van der Waals surface area contributed by atoms with Crippen LogP contribution in [-0.4, -0.2) is 0 Å². The van der Waals surface area contributed by atoms with Gasteiger partial charge in [0, 0.05) is 23.7 Å². The SMILES string of the molecule is CCC(C)[C@@H](N)c1c(F)cc(F)cc1F.Cl. The fourth-order valence-electron chi connectivity index (χ4n) is 1.41. The van der Waals surface area contributed by atoms with Crippen molar-refractivity contribution in [1.29, 1.82) is 0 Å². The molecule has 0 amide bonds. The van der Waals surface area contributed by atoms with Crippen LogP contribution in [0.15, 0.2) is 12.1 Å². The summed E-state index contributed by atoms with van der Waals surface area (Å²) in [4.78, 5) is 0. The van der Waals surface area contributed by atoms with Crippen LogP contribution in [0, 0.1) is 23.4 Å². The summed E-state index contributed by atoms with van der Waals surface area (Å²) in [6.07, 6.45) is 0.706. The van der Waals surface area contributed by atoms with Crippen LogP contribution in [0.2, 0.25) is 0 Å². The van der Waals surface area contributed by atoms with Crippen molar-refractivity contribution >= 4 is 12.4 Å². The van der Waals surface area contributed by atoms with Crippen molar-refractivity contribution in [2.24, 2.45) is 11.7 Å². The van der Waals surface area contributed by atoms with Gasteiger partial charge in [-0.15, -0.1) is 12.4 Å². The molecule has 0 aromatic heterocycles. The molecule has 0 radical (unpaired) electrons. The predicted octanol–water partition coefficient (Wildman–Crippen LogP) is 3.57. The van der Waals surface area contributed by atoms with E-state index in [-0.39, 0.29) is 23.9 Å². The van der Waals surface area contributed by atoms with Crippen LogP contribution in [0.25, 0.3) is 0 Å². The van der Waals surface area contributed by atoms with E-state index in [0.29, 0.717) is 18.6 Å². The maximum atomic E-state index is 13.3. The molecule has 16 heavy (non-hydrogen) atoms. The zero-order valence-electron chi connectivity index (χ0n) is 9.14. The molecule has 1 aromatic rings. The van der Waals surface area contributed by atoms with Gasteiger partial charge in [0.25, 0.3) is 0 Å². The summed E-state index contributed by atoms with van der Waals surface area (Å²) in [6, 6.07) is 0.567. The Balaban J connectivity index is 0.00000225. The Kier molecular flexibility index (Phi) is 5.83. The molecule has 0 bridgehead atoms. The van der Waals surface area contributed by atoms with Crippen molar-refractivity contribution < 1.29 is 13.2 Å². The lowest BCUT2D eigenvalue weighted by molar-refractivity contribution is 0.415. The van der Waals surface area contributed by atoms with Crippen LogP contribution < -0.4 is 5.73 Å². The summed E-state index contributed by atoms with van der Waals surface area (Å²) < 4.78 is 39.2. The van der Waals surface area contributed by atoms with E-state index < -0.39 is 23.5 Å². The Morgan fingerprint density at radius 2 is 1.62 bits per heavy atom. The molecule has 0 spiro atoms. The lowest BCUT2D eigenvalue weighted by Gasteiger charge is -2.19. The average Bonchev–Trinajstić information content (AvgIpc) is 2.14. The van der Waals surface area contributed by atoms with Crippen LogP contribution in [0.4, 0.5) is 13.2 Å². The van der Waals surface area contributed by atoms with Gasteiger partial charge in [0.15, 0.2) is 0 Å². The molecule has 5 heteroatoms. The number of hydrogen-bond donors (Lipinski definition) is 1. The standard InChI is InChI=1S/C11H14F3N.ClH/c1-3-6(2)11(15)10-8(13)4-7(12)5-9(10)14;/h4-6,11H,3,15H2,1-2H3;1H/t6?,11-;/m1./s1. The molecule has 2 N–H and O–H groups in total. The van der Waals surface area contributed by atoms with Crippen LogP contribution in [-0.2, 0) is 0 Å². The summed E-state index contributed by atoms with van der Waals surface area (Å²) in [6.45, 7) is 3.68. The average molecular weight is 254 g/mol. The van der Waals surface area contributed by atoms with Crippen molar-refractivity contribution in [3.05, 3.63) is 35.1 Å². The van der Waals surface area contributed by atoms with Crippen molar-refractivity contribution in [2.45, 2.75) is 26.3 Å². The second-order valence-corrected chi connectivity index (χ2v) is 3.69. The minimum absolute atomic E-state index is 0. The lowest BCUT2D eigenvalue weighted by Crippen LogP contribution is -2.21. The second-order valence-electron chi connectivity index (χ2n) is 3.69. The molecule has 0 heterocycles. The van der Waals surface area contributed by atoms with Gasteiger partial charge in [0.2, 0.25) is 0 Å². The summed E-state index contributed by atoms with van der Waals surface area (Å²) in [7, 11) is 0. The number of halogens is 4. The quantitative estimate of drug-likeness (QED) is 0.876. The van der Waals surface area contributed by atoms with E-state index in [0.717, 1.165) is 0 Å². The predicted molar refractivity (Wildman–Crippen MR) is 59.9 cm³/mol. The molecule has 2 atom stereocenters. The zero-order chi connectivity index (χ0) is 11.6. The molecular weight excluding hydrogens is 239 g/mol. The third-order valence-corrected chi connectivity index (χ3v) is 2.63. The summed E-state index contributed by atoms with van der Waals surface area (Å²) in [5.41, 5.74) is 5.47. The Morgan fingerprint density at radius 1 is 1.19 bits per heavy atom. The van der Waals surface area contributed by atoms with Gasteiger partial charge in [-0.2, -0.15) is 0 Å². The highest BCUT2D eigenvalue weighted by atomic mass is 35.5. The van der Waals surface area contributed by atoms with E-state index in [1.54, 1.807) is 6.92 Å². The molecule has 1 aromatic carbocycles. The van der Waals surface area contributed by atoms with Crippen LogP contribution in [0.3, 0.4) is 0 Å². The van der Waals surface area contributed by atoms with E-state index in [2.05, 4.69) is 0 Å². The molecular formula is C11H15ClF3N. The molecule has 0 saturated heterocycles. The van der Waals surface area contributed by atoms with Crippen molar-refractivity contribution in [3.63, 3.8) is 0 Å². The van der Waals surface area contributed by atoms with Crippen LogP contribution >= 0.6 is 12.4 Å². The van der Waals surface area contributed by atoms with Gasteiger partial charge in [-0.1, -0.05) is 20.3 Å². The van der Waals surface area contributed by atoms with E-state index in [4.69, 9.17) is 5.73 Å². The highest BCUT2D eigenvalue weighted by molar-refractivity contribution is 5.85. The first-order valence-electron chi connectivity index (χ1n) is 4.87. The molecule has 1 rings (SSSR count). The number of benzene rings is 1. The number of rotatable bonds is 3. The number of nitrogens with two attached hydrogens (primary N) is 1. The van der Waals surface area contributed by atoms with Gasteiger partial charge < -0.3 is 5.73 Å². The number of hydrogen-bond acceptors (Lipinski definition) is 1. The molecule has 92 valence electrons. The van der Waals surface area contributed by atoms with Gasteiger partial charge >= 0.3 is 0 Å². The van der Waals surface area contributed by atoms with Gasteiger partial charge in [-0.25, -0.2) is 13.2 Å². The monoisotopic (exact) mass is 253 g/mol. The highest BCUT2D eigenvalue weighted by Crippen LogP contribution is 2.27. The molecule has 0 fully saturated rings.